The highest BCUT2D eigenvalue weighted by Crippen LogP contribution is 2.50. The van der Waals surface area contributed by atoms with Crippen molar-refractivity contribution in [1.29, 1.82) is 0 Å². The van der Waals surface area contributed by atoms with E-state index in [0.717, 1.165) is 6.20 Å². The van der Waals surface area contributed by atoms with Crippen LogP contribution in [0, 0.1) is 4.91 Å². The number of amides is 1. The number of nitroso groups, excluding NO2 is 1. The van der Waals surface area contributed by atoms with Gasteiger partial charge >= 0.3 is 17.8 Å². The van der Waals surface area contributed by atoms with E-state index in [4.69, 9.17) is 0 Å². The Morgan fingerprint density at radius 1 is 0.933 bits per heavy atom. The first-order valence-corrected chi connectivity index (χ1v) is 10.4. The van der Waals surface area contributed by atoms with E-state index in [0.29, 0.717) is 9.92 Å². The van der Waals surface area contributed by atoms with Crippen LogP contribution in [-0.2, 0) is 0 Å². The number of aromatic nitrogens is 1. The molecule has 0 aromatic carbocycles. The van der Waals surface area contributed by atoms with Gasteiger partial charge in [-0.25, -0.2) is 9.59 Å². The molecular weight excluding hydrogens is 432 g/mol. The number of hydrogen-bond acceptors (Lipinski definition) is 7. The lowest BCUT2D eigenvalue weighted by Crippen LogP contribution is -2.17. The van der Waals surface area contributed by atoms with Crippen LogP contribution >= 0.6 is 23.5 Å². The fourth-order valence-electron chi connectivity index (χ4n) is 2.76. The Balaban J connectivity index is 3.17. The molecule has 1 amide bonds. The van der Waals surface area contributed by atoms with Gasteiger partial charge in [0.1, 0.15) is 5.52 Å². The number of pyridine rings is 1. The third kappa shape index (κ3) is 4.62. The summed E-state index contributed by atoms with van der Waals surface area (Å²) in [6.07, 6.45) is 1.04. The van der Waals surface area contributed by atoms with Gasteiger partial charge in [0, 0.05) is 20.9 Å². The van der Waals surface area contributed by atoms with E-state index in [-0.39, 0.29) is 15.0 Å². The van der Waals surface area contributed by atoms with Crippen molar-refractivity contribution in [2.45, 2.75) is 61.0 Å². The molecule has 0 bridgehead atoms. The Kier molecular flexibility index (Phi) is 6.29. The minimum atomic E-state index is -1.72. The number of nitrogens with zero attached hydrogens (tertiary/aromatic N) is 2. The molecule has 0 saturated carbocycles. The van der Waals surface area contributed by atoms with Crippen molar-refractivity contribution in [3.05, 3.63) is 27.8 Å². The summed E-state index contributed by atoms with van der Waals surface area (Å²) in [6, 6.07) is 0. The monoisotopic (exact) mass is 454 g/mol. The maximum Gasteiger partial charge on any atom is 0.338 e. The topological polar surface area (TPSA) is 146 Å². The summed E-state index contributed by atoms with van der Waals surface area (Å²) in [7, 11) is 0. The molecule has 0 aliphatic rings. The molecule has 2 aromatic heterocycles. The molecular formula is C19H22N2O7S2. The predicted octanol–water partition coefficient (Wildman–Crippen LogP) is 4.73. The van der Waals surface area contributed by atoms with Crippen LogP contribution < -0.4 is 0 Å². The summed E-state index contributed by atoms with van der Waals surface area (Å²) in [6.45, 7) is 11.4. The van der Waals surface area contributed by atoms with E-state index in [9.17, 15) is 34.6 Å². The summed E-state index contributed by atoms with van der Waals surface area (Å²) in [4.78, 5) is 47.3. The Hall–Kier alpha value is -2.53. The van der Waals surface area contributed by atoms with Crippen LogP contribution in [0.5, 0.6) is 5.75 Å². The molecule has 0 atom stereocenters. The van der Waals surface area contributed by atoms with Crippen molar-refractivity contribution >= 4 is 46.9 Å². The van der Waals surface area contributed by atoms with Crippen LogP contribution in [-0.4, -0.2) is 47.1 Å². The lowest BCUT2D eigenvalue weighted by molar-refractivity contribution is 0.0649. The highest BCUT2D eigenvalue weighted by atomic mass is 32.2. The molecule has 0 fully saturated rings. The molecule has 9 nitrogen and oxygen atoms in total. The van der Waals surface area contributed by atoms with E-state index in [2.05, 4.69) is 5.18 Å². The zero-order valence-electron chi connectivity index (χ0n) is 17.3. The van der Waals surface area contributed by atoms with Gasteiger partial charge in [0.15, 0.2) is 5.75 Å². The number of fused-ring (bicyclic) bond motifs is 1. The molecule has 0 spiro atoms. The Morgan fingerprint density at radius 3 is 1.87 bits per heavy atom. The Bertz CT molecular complexity index is 1080. The zero-order chi connectivity index (χ0) is 23.2. The Morgan fingerprint density at radius 2 is 1.47 bits per heavy atom. The highest BCUT2D eigenvalue weighted by molar-refractivity contribution is 8.03. The van der Waals surface area contributed by atoms with Gasteiger partial charge in [-0.05, 0) is 0 Å². The van der Waals surface area contributed by atoms with Gasteiger partial charge in [0.05, 0.1) is 26.6 Å². The molecule has 2 heterocycles. The number of carbonyl (C=O) groups excluding carboxylic acids is 1. The fourth-order valence-corrected chi connectivity index (χ4v) is 5.02. The second kappa shape index (κ2) is 7.95. The fraction of sp³-hybridized carbons (Fsp3) is 0.421. The number of carboxylic acid groups (broad SMARTS) is 2. The van der Waals surface area contributed by atoms with Gasteiger partial charge in [-0.1, -0.05) is 41.5 Å². The summed E-state index contributed by atoms with van der Waals surface area (Å²) >= 11 is 2.57. The Labute approximate surface area is 180 Å². The quantitative estimate of drug-likeness (QED) is 0.431. The average Bonchev–Trinajstić information content (AvgIpc) is 2.82. The van der Waals surface area contributed by atoms with Gasteiger partial charge in [0.2, 0.25) is 0 Å². The molecule has 0 unspecified atom stereocenters. The number of rotatable bonds is 5. The summed E-state index contributed by atoms with van der Waals surface area (Å²) in [5.74, 6) is -5.21. The largest absolute Gasteiger partial charge is 0.505 e. The van der Waals surface area contributed by atoms with Crippen LogP contribution in [0.3, 0.4) is 0 Å². The third-order valence-electron chi connectivity index (χ3n) is 3.66. The first-order chi connectivity index (χ1) is 13.6. The molecule has 0 aliphatic carbocycles. The van der Waals surface area contributed by atoms with Gasteiger partial charge in [-0.2, -0.15) is 0 Å². The molecule has 3 N–H and O–H groups in total. The van der Waals surface area contributed by atoms with E-state index < -0.39 is 40.3 Å². The molecule has 11 heteroatoms. The molecule has 0 saturated heterocycles. The van der Waals surface area contributed by atoms with Crippen molar-refractivity contribution in [2.75, 3.05) is 0 Å². The summed E-state index contributed by atoms with van der Waals surface area (Å²) < 4.78 is 0.497. The number of carbonyl (C=O) groups is 3. The highest BCUT2D eigenvalue weighted by Gasteiger charge is 2.35. The van der Waals surface area contributed by atoms with Crippen molar-refractivity contribution in [1.82, 2.24) is 4.40 Å². The van der Waals surface area contributed by atoms with E-state index in [1.165, 1.54) is 27.9 Å². The van der Waals surface area contributed by atoms with E-state index in [1.807, 2.05) is 41.5 Å². The molecule has 30 heavy (non-hydrogen) atoms. The van der Waals surface area contributed by atoms with Gasteiger partial charge in [-0.15, -0.1) is 28.4 Å². The first-order valence-electron chi connectivity index (χ1n) is 8.75. The molecule has 2 aromatic rings. The number of carboxylic acids is 2. The lowest BCUT2D eigenvalue weighted by atomic mass is 10.0. The van der Waals surface area contributed by atoms with Gasteiger partial charge in [-0.3, -0.25) is 4.79 Å². The smallest absolute Gasteiger partial charge is 0.338 e. The predicted molar refractivity (Wildman–Crippen MR) is 114 cm³/mol. The second-order valence-corrected chi connectivity index (χ2v) is 12.1. The van der Waals surface area contributed by atoms with Crippen LogP contribution in [0.15, 0.2) is 21.3 Å². The lowest BCUT2D eigenvalue weighted by Gasteiger charge is -2.22. The third-order valence-corrected chi connectivity index (χ3v) is 6.20. The first kappa shape index (κ1) is 23.7. The normalized spacial score (nSPS) is 12.2. The van der Waals surface area contributed by atoms with E-state index >= 15 is 0 Å². The minimum absolute atomic E-state index is 0.263. The van der Waals surface area contributed by atoms with Crippen molar-refractivity contribution in [3.8, 4) is 5.75 Å². The van der Waals surface area contributed by atoms with E-state index in [1.54, 1.807) is 0 Å². The maximum absolute atomic E-state index is 12.3. The SMILES string of the molecule is CC(C)(C)Sc1c(O)c2c(C(=O)N=O)c(C(=O)O)c(C(=O)O)cn2c1SC(C)(C)C. The maximum atomic E-state index is 12.3. The molecule has 0 radical (unpaired) electrons. The number of aromatic hydroxyl groups is 1. The molecule has 162 valence electrons. The van der Waals surface area contributed by atoms with Crippen LogP contribution in [0.2, 0.25) is 0 Å². The summed E-state index contributed by atoms with van der Waals surface area (Å²) in [5, 5.41) is 32.9. The van der Waals surface area contributed by atoms with Crippen LogP contribution in [0.1, 0.15) is 72.6 Å². The average molecular weight is 455 g/mol. The van der Waals surface area contributed by atoms with Gasteiger partial charge < -0.3 is 19.7 Å². The second-order valence-electron chi connectivity index (χ2n) is 8.43. The van der Waals surface area contributed by atoms with Crippen molar-refractivity contribution < 1.29 is 29.7 Å². The standard InChI is InChI=1S/C19H22N2O7S2/c1-18(2,3)29-13-12(22)11-10(14(23)20-28)9(17(26)27)8(16(24)25)7-21(11)15(13)30-19(4,5)6/h7,22H,1-6H3,(H,24,25)(H,26,27). The van der Waals surface area contributed by atoms with Crippen LogP contribution in [0.25, 0.3) is 5.52 Å². The molecule has 0 aliphatic heterocycles. The number of hydrogen-bond donors (Lipinski definition) is 3. The van der Waals surface area contributed by atoms with Gasteiger partial charge in [0.25, 0.3) is 0 Å². The van der Waals surface area contributed by atoms with Crippen LogP contribution in [0.4, 0.5) is 0 Å². The van der Waals surface area contributed by atoms with Crippen molar-refractivity contribution in [3.63, 3.8) is 0 Å². The molecule has 2 rings (SSSR count). The zero-order valence-corrected chi connectivity index (χ0v) is 18.9. The summed E-state index contributed by atoms with van der Waals surface area (Å²) in [5.41, 5.74) is -2.61. The number of aromatic carboxylic acids is 2. The van der Waals surface area contributed by atoms with Crippen molar-refractivity contribution in [2.24, 2.45) is 5.18 Å². The number of thioether (sulfide) groups is 2. The minimum Gasteiger partial charge on any atom is -0.505 e.